The minimum absolute atomic E-state index is 0.00224. The van der Waals surface area contributed by atoms with E-state index in [1.807, 2.05) is 31.3 Å². The average molecular weight is 445 g/mol. The van der Waals surface area contributed by atoms with Crippen molar-refractivity contribution in [2.24, 2.45) is 7.05 Å². The topological polar surface area (TPSA) is 87.7 Å². The Labute approximate surface area is 182 Å². The lowest BCUT2D eigenvalue weighted by molar-refractivity contribution is -0.142. The van der Waals surface area contributed by atoms with E-state index in [1.54, 1.807) is 28.4 Å². The first-order chi connectivity index (χ1) is 14.5. The van der Waals surface area contributed by atoms with Gasteiger partial charge in [-0.3, -0.25) is 9.48 Å². The zero-order chi connectivity index (χ0) is 21.3. The fraction of sp³-hybridized carbons (Fsp3) is 0.250. The maximum atomic E-state index is 11.8. The van der Waals surface area contributed by atoms with Gasteiger partial charge < -0.3 is 4.74 Å². The molecule has 0 fully saturated rings. The first kappa shape index (κ1) is 20.3. The van der Waals surface area contributed by atoms with E-state index in [2.05, 4.69) is 15.5 Å². The molecule has 0 amide bonds. The van der Waals surface area contributed by atoms with Crippen molar-refractivity contribution < 1.29 is 9.53 Å². The minimum Gasteiger partial charge on any atom is -0.466 e. The molecule has 0 saturated heterocycles. The van der Waals surface area contributed by atoms with Gasteiger partial charge in [0.25, 0.3) is 0 Å². The van der Waals surface area contributed by atoms with E-state index in [-0.39, 0.29) is 12.4 Å². The van der Waals surface area contributed by atoms with E-state index in [0.717, 1.165) is 27.7 Å². The lowest BCUT2D eigenvalue weighted by atomic mass is 10.0. The van der Waals surface area contributed by atoms with Gasteiger partial charge in [0.2, 0.25) is 0 Å². The smallest absolute Gasteiger partial charge is 0.313 e. The largest absolute Gasteiger partial charge is 0.466 e. The molecule has 0 unspecified atom stereocenters. The Morgan fingerprint density at radius 1 is 1.17 bits per heavy atom. The van der Waals surface area contributed by atoms with E-state index in [4.69, 9.17) is 33.0 Å². The summed E-state index contributed by atoms with van der Waals surface area (Å²) < 4.78 is 8.36. The van der Waals surface area contributed by atoms with Crippen molar-refractivity contribution in [3.8, 4) is 11.1 Å². The van der Waals surface area contributed by atoms with E-state index in [1.165, 1.54) is 0 Å². The molecule has 2 heterocycles. The monoisotopic (exact) mass is 444 g/mol. The van der Waals surface area contributed by atoms with Crippen molar-refractivity contribution in [3.63, 3.8) is 0 Å². The number of carbonyl (C=O) groups is 1. The molecule has 0 N–H and O–H groups in total. The number of tetrazole rings is 1. The van der Waals surface area contributed by atoms with Gasteiger partial charge in [-0.25, -0.2) is 4.68 Å². The standard InChI is InChI=1S/C20H18Cl2N6O2/c1-3-30-19(29)10-18-23-25-26-28(18)11-17-15-6-4-5-14(20(15)24-27(17)2)13-8-7-12(21)9-16(13)22/h4-9H,3,10-11H2,1-2H3. The molecule has 0 aliphatic heterocycles. The summed E-state index contributed by atoms with van der Waals surface area (Å²) in [6.45, 7) is 2.42. The third kappa shape index (κ3) is 3.88. The van der Waals surface area contributed by atoms with Gasteiger partial charge in [-0.2, -0.15) is 5.10 Å². The lowest BCUT2D eigenvalue weighted by Gasteiger charge is -2.07. The molecule has 0 bridgehead atoms. The van der Waals surface area contributed by atoms with Crippen LogP contribution in [0.15, 0.2) is 36.4 Å². The summed E-state index contributed by atoms with van der Waals surface area (Å²) >= 11 is 12.5. The molecule has 10 heteroatoms. The van der Waals surface area contributed by atoms with Crippen molar-refractivity contribution in [3.05, 3.63) is 58.0 Å². The number of carbonyl (C=O) groups excluding carboxylic acids is 1. The highest BCUT2D eigenvalue weighted by Crippen LogP contribution is 2.35. The van der Waals surface area contributed by atoms with Crippen LogP contribution in [0.4, 0.5) is 0 Å². The Hall–Kier alpha value is -2.97. The molecule has 4 aromatic rings. The van der Waals surface area contributed by atoms with Crippen LogP contribution in [-0.2, 0) is 29.5 Å². The number of fused-ring (bicyclic) bond motifs is 1. The molecule has 0 aliphatic carbocycles. The molecule has 8 nitrogen and oxygen atoms in total. The number of aromatic nitrogens is 6. The highest BCUT2D eigenvalue weighted by atomic mass is 35.5. The number of hydrogen-bond donors (Lipinski definition) is 0. The van der Waals surface area contributed by atoms with Crippen LogP contribution in [0.25, 0.3) is 22.0 Å². The number of benzene rings is 2. The zero-order valence-electron chi connectivity index (χ0n) is 16.3. The van der Waals surface area contributed by atoms with Crippen LogP contribution in [0.5, 0.6) is 0 Å². The number of aryl methyl sites for hydroxylation is 1. The highest BCUT2D eigenvalue weighted by Gasteiger charge is 2.18. The Morgan fingerprint density at radius 2 is 2.00 bits per heavy atom. The molecule has 2 aromatic heterocycles. The molecule has 0 radical (unpaired) electrons. The second kappa shape index (κ2) is 8.41. The normalized spacial score (nSPS) is 11.2. The van der Waals surface area contributed by atoms with Crippen LogP contribution >= 0.6 is 23.2 Å². The van der Waals surface area contributed by atoms with E-state index < -0.39 is 0 Å². The Morgan fingerprint density at radius 3 is 2.77 bits per heavy atom. The van der Waals surface area contributed by atoms with Gasteiger partial charge >= 0.3 is 5.97 Å². The van der Waals surface area contributed by atoms with E-state index >= 15 is 0 Å². The number of ether oxygens (including phenoxy) is 1. The summed E-state index contributed by atoms with van der Waals surface area (Å²) in [5, 5.41) is 18.5. The molecular formula is C20H18Cl2N6O2. The predicted octanol–water partition coefficient (Wildman–Crippen LogP) is 3.69. The zero-order valence-corrected chi connectivity index (χ0v) is 17.9. The van der Waals surface area contributed by atoms with Crippen molar-refractivity contribution in [1.29, 1.82) is 0 Å². The molecule has 0 atom stereocenters. The SMILES string of the molecule is CCOC(=O)Cc1nnnn1Cc1c2cccc(-c3ccc(Cl)cc3Cl)c2nn1C. The Kier molecular flexibility index (Phi) is 5.69. The summed E-state index contributed by atoms with van der Waals surface area (Å²) in [6, 6.07) is 11.3. The second-order valence-corrected chi connectivity index (χ2v) is 7.47. The molecule has 0 aliphatic rings. The van der Waals surface area contributed by atoms with Crippen LogP contribution in [0.1, 0.15) is 18.4 Å². The number of nitrogens with zero attached hydrogens (tertiary/aromatic N) is 6. The fourth-order valence-corrected chi connectivity index (χ4v) is 3.85. The van der Waals surface area contributed by atoms with Crippen molar-refractivity contribution in [2.75, 3.05) is 6.61 Å². The van der Waals surface area contributed by atoms with Gasteiger partial charge in [-0.05, 0) is 29.5 Å². The lowest BCUT2D eigenvalue weighted by Crippen LogP contribution is -2.15. The average Bonchev–Trinajstić information content (AvgIpc) is 3.26. The summed E-state index contributed by atoms with van der Waals surface area (Å²) in [4.78, 5) is 11.8. The fourth-order valence-electron chi connectivity index (χ4n) is 3.34. The quantitative estimate of drug-likeness (QED) is 0.421. The highest BCUT2D eigenvalue weighted by molar-refractivity contribution is 6.36. The summed E-state index contributed by atoms with van der Waals surface area (Å²) in [5.74, 6) is 0.0581. The summed E-state index contributed by atoms with van der Waals surface area (Å²) in [5.41, 5.74) is 3.45. The second-order valence-electron chi connectivity index (χ2n) is 6.63. The minimum atomic E-state index is -0.372. The molecule has 30 heavy (non-hydrogen) atoms. The van der Waals surface area contributed by atoms with Gasteiger partial charge in [-0.15, -0.1) is 5.10 Å². The van der Waals surface area contributed by atoms with Gasteiger partial charge in [0.15, 0.2) is 5.82 Å². The van der Waals surface area contributed by atoms with Gasteiger partial charge in [0.05, 0.1) is 18.8 Å². The molecule has 0 spiro atoms. The number of rotatable bonds is 6. The van der Waals surface area contributed by atoms with Crippen molar-refractivity contribution in [2.45, 2.75) is 19.9 Å². The van der Waals surface area contributed by atoms with Gasteiger partial charge in [-0.1, -0.05) is 47.5 Å². The predicted molar refractivity (Wildman–Crippen MR) is 113 cm³/mol. The van der Waals surface area contributed by atoms with Crippen LogP contribution < -0.4 is 0 Å². The first-order valence-electron chi connectivity index (χ1n) is 9.28. The maximum absolute atomic E-state index is 11.8. The molecule has 2 aromatic carbocycles. The van der Waals surface area contributed by atoms with Crippen LogP contribution in [0, 0.1) is 0 Å². The Bertz CT molecular complexity index is 1230. The first-order valence-corrected chi connectivity index (χ1v) is 10.0. The third-order valence-electron chi connectivity index (χ3n) is 4.72. The van der Waals surface area contributed by atoms with Crippen LogP contribution in [0.2, 0.25) is 10.0 Å². The van der Waals surface area contributed by atoms with Crippen molar-refractivity contribution >= 4 is 40.1 Å². The van der Waals surface area contributed by atoms with E-state index in [0.29, 0.717) is 29.0 Å². The third-order valence-corrected chi connectivity index (χ3v) is 5.27. The number of hydrogen-bond acceptors (Lipinski definition) is 6. The van der Waals surface area contributed by atoms with Gasteiger partial charge in [0, 0.05) is 33.6 Å². The Balaban J connectivity index is 1.73. The van der Waals surface area contributed by atoms with Crippen LogP contribution in [0.3, 0.4) is 0 Å². The molecule has 154 valence electrons. The molecular weight excluding hydrogens is 427 g/mol. The number of esters is 1. The van der Waals surface area contributed by atoms with Gasteiger partial charge in [0.1, 0.15) is 11.9 Å². The summed E-state index contributed by atoms with van der Waals surface area (Å²) in [6.07, 6.45) is 0.00224. The van der Waals surface area contributed by atoms with E-state index in [9.17, 15) is 4.79 Å². The maximum Gasteiger partial charge on any atom is 0.313 e. The van der Waals surface area contributed by atoms with Crippen LogP contribution in [-0.4, -0.2) is 42.6 Å². The number of halogens is 2. The van der Waals surface area contributed by atoms with Crippen molar-refractivity contribution in [1.82, 2.24) is 30.0 Å². The summed E-state index contributed by atoms with van der Waals surface area (Å²) in [7, 11) is 1.86. The molecule has 4 rings (SSSR count). The molecule has 0 saturated carbocycles.